The molecule has 2 aromatic heterocycles. The van der Waals surface area contributed by atoms with Crippen LogP contribution in [0.1, 0.15) is 25.7 Å². The number of benzene rings is 1. The maximum Gasteiger partial charge on any atom is 0.226 e. The molecule has 0 aliphatic rings. The van der Waals surface area contributed by atoms with E-state index in [1.165, 1.54) is 6.92 Å². The minimum absolute atomic E-state index is 0.0463. The second kappa shape index (κ2) is 8.59. The number of hydrogen-bond donors (Lipinski definition) is 1. The van der Waals surface area contributed by atoms with E-state index in [2.05, 4.69) is 15.5 Å². The van der Waals surface area contributed by atoms with Crippen molar-refractivity contribution in [3.05, 3.63) is 47.7 Å². The molecule has 0 aliphatic carbocycles. The highest BCUT2D eigenvalue weighted by molar-refractivity contribution is 7.13. The van der Waals surface area contributed by atoms with Gasteiger partial charge in [0.15, 0.2) is 0 Å². The number of nitrogens with one attached hydrogen (secondary N) is 1. The number of carbonyl (C=O) groups excluding carboxylic acids is 2. The zero-order valence-corrected chi connectivity index (χ0v) is 16.0. The lowest BCUT2D eigenvalue weighted by atomic mass is 10.2. The first-order valence-electron chi connectivity index (χ1n) is 8.53. The van der Waals surface area contributed by atoms with Gasteiger partial charge in [0.1, 0.15) is 0 Å². The van der Waals surface area contributed by atoms with Crippen molar-refractivity contribution in [1.29, 1.82) is 0 Å². The molecule has 8 heteroatoms. The predicted octanol–water partition coefficient (Wildman–Crippen LogP) is 3.74. The van der Waals surface area contributed by atoms with Crippen LogP contribution < -0.4 is 10.2 Å². The van der Waals surface area contributed by atoms with Gasteiger partial charge in [-0.15, -0.1) is 11.3 Å². The summed E-state index contributed by atoms with van der Waals surface area (Å²) in [6.45, 7) is 1.50. The summed E-state index contributed by atoms with van der Waals surface area (Å²) < 4.78 is 5.23. The highest BCUT2D eigenvalue weighted by Gasteiger charge is 2.11. The molecule has 0 atom stereocenters. The number of aromatic nitrogens is 2. The van der Waals surface area contributed by atoms with E-state index in [1.54, 1.807) is 47.5 Å². The zero-order chi connectivity index (χ0) is 19.2. The maximum atomic E-state index is 12.1. The number of amides is 2. The summed E-state index contributed by atoms with van der Waals surface area (Å²) in [4.78, 5) is 30.3. The van der Waals surface area contributed by atoms with Crippen molar-refractivity contribution in [1.82, 2.24) is 10.1 Å². The van der Waals surface area contributed by atoms with Crippen LogP contribution in [-0.2, 0) is 16.0 Å². The maximum absolute atomic E-state index is 12.1. The number of thiophene rings is 1. The molecule has 2 heterocycles. The minimum atomic E-state index is -0.0827. The molecule has 0 spiro atoms. The van der Waals surface area contributed by atoms with E-state index in [-0.39, 0.29) is 11.8 Å². The molecular weight excluding hydrogens is 364 g/mol. The van der Waals surface area contributed by atoms with E-state index in [1.807, 2.05) is 17.5 Å². The number of rotatable bonds is 7. The van der Waals surface area contributed by atoms with Gasteiger partial charge >= 0.3 is 0 Å². The number of nitrogens with zero attached hydrogens (tertiary/aromatic N) is 3. The van der Waals surface area contributed by atoms with Crippen molar-refractivity contribution in [2.45, 2.75) is 26.2 Å². The Bertz CT molecular complexity index is 903. The van der Waals surface area contributed by atoms with Crippen molar-refractivity contribution < 1.29 is 14.1 Å². The van der Waals surface area contributed by atoms with Gasteiger partial charge in [0.2, 0.25) is 23.5 Å². The molecule has 0 fully saturated rings. The van der Waals surface area contributed by atoms with Gasteiger partial charge in [0.05, 0.1) is 4.88 Å². The molecule has 0 radical (unpaired) electrons. The normalized spacial score (nSPS) is 10.6. The van der Waals surface area contributed by atoms with Crippen LogP contribution in [0.5, 0.6) is 0 Å². The lowest BCUT2D eigenvalue weighted by Crippen LogP contribution is -2.22. The molecule has 2 amide bonds. The summed E-state index contributed by atoms with van der Waals surface area (Å²) in [5.74, 6) is 0.985. The van der Waals surface area contributed by atoms with Gasteiger partial charge in [-0.05, 0) is 42.1 Å². The predicted molar refractivity (Wildman–Crippen MR) is 105 cm³/mol. The number of carbonyl (C=O) groups is 2. The molecule has 3 aromatic rings. The summed E-state index contributed by atoms with van der Waals surface area (Å²) >= 11 is 1.55. The van der Waals surface area contributed by atoms with Crippen LogP contribution in [0.3, 0.4) is 0 Å². The van der Waals surface area contributed by atoms with Crippen LogP contribution in [0.4, 0.5) is 11.4 Å². The average molecular weight is 384 g/mol. The lowest BCUT2D eigenvalue weighted by molar-refractivity contribution is -0.117. The molecule has 27 heavy (non-hydrogen) atoms. The Labute approximate surface area is 161 Å². The van der Waals surface area contributed by atoms with Gasteiger partial charge in [-0.2, -0.15) is 4.98 Å². The molecule has 140 valence electrons. The van der Waals surface area contributed by atoms with Crippen LogP contribution in [-0.4, -0.2) is 29.0 Å². The van der Waals surface area contributed by atoms with Crippen LogP contribution in [0.25, 0.3) is 10.7 Å². The Kier molecular flexibility index (Phi) is 5.97. The number of anilines is 2. The molecule has 0 unspecified atom stereocenters. The van der Waals surface area contributed by atoms with Gasteiger partial charge in [0, 0.05) is 38.2 Å². The van der Waals surface area contributed by atoms with Crippen molar-refractivity contribution >= 4 is 34.5 Å². The van der Waals surface area contributed by atoms with Crippen LogP contribution in [0.15, 0.2) is 46.3 Å². The zero-order valence-electron chi connectivity index (χ0n) is 15.1. The van der Waals surface area contributed by atoms with Crippen molar-refractivity contribution in [2.24, 2.45) is 0 Å². The van der Waals surface area contributed by atoms with Gasteiger partial charge in [0.25, 0.3) is 0 Å². The van der Waals surface area contributed by atoms with Crippen LogP contribution in [0.2, 0.25) is 0 Å². The quantitative estimate of drug-likeness (QED) is 0.670. The molecule has 0 bridgehead atoms. The number of hydrogen-bond acceptors (Lipinski definition) is 6. The van der Waals surface area contributed by atoms with Crippen molar-refractivity contribution in [2.75, 3.05) is 17.3 Å². The fourth-order valence-corrected chi connectivity index (χ4v) is 3.09. The topological polar surface area (TPSA) is 88.3 Å². The summed E-state index contributed by atoms with van der Waals surface area (Å²) in [6.07, 6.45) is 1.52. The molecule has 3 rings (SSSR count). The minimum Gasteiger partial charge on any atom is -0.339 e. The molecule has 0 saturated carbocycles. The molecular formula is C19H20N4O3S. The monoisotopic (exact) mass is 384 g/mol. The van der Waals surface area contributed by atoms with Gasteiger partial charge < -0.3 is 14.7 Å². The SMILES string of the molecule is CC(=O)N(C)c1ccc(NC(=O)CCCc2nc(-c3cccs3)no2)cc1. The van der Waals surface area contributed by atoms with E-state index in [0.717, 1.165) is 10.6 Å². The van der Waals surface area contributed by atoms with Gasteiger partial charge in [-0.1, -0.05) is 11.2 Å². The first-order valence-corrected chi connectivity index (χ1v) is 9.41. The van der Waals surface area contributed by atoms with E-state index in [0.29, 0.717) is 36.7 Å². The second-order valence-corrected chi connectivity index (χ2v) is 6.96. The molecule has 7 nitrogen and oxygen atoms in total. The Hall–Kier alpha value is -3.00. The van der Waals surface area contributed by atoms with E-state index in [9.17, 15) is 9.59 Å². The summed E-state index contributed by atoms with van der Waals surface area (Å²) in [7, 11) is 1.71. The third-order valence-electron chi connectivity index (χ3n) is 4.01. The molecule has 1 N–H and O–H groups in total. The second-order valence-electron chi connectivity index (χ2n) is 6.02. The molecule has 1 aromatic carbocycles. The Morgan fingerprint density at radius 1 is 1.22 bits per heavy atom. The summed E-state index contributed by atoms with van der Waals surface area (Å²) in [5, 5.41) is 8.76. The first-order chi connectivity index (χ1) is 13.0. The van der Waals surface area contributed by atoms with Gasteiger partial charge in [-0.3, -0.25) is 9.59 Å². The molecule has 0 saturated heterocycles. The van der Waals surface area contributed by atoms with Crippen LogP contribution in [0, 0.1) is 0 Å². The van der Waals surface area contributed by atoms with Crippen molar-refractivity contribution in [3.8, 4) is 10.7 Å². The highest BCUT2D eigenvalue weighted by atomic mass is 32.1. The Morgan fingerprint density at radius 2 is 2.00 bits per heavy atom. The fraction of sp³-hybridized carbons (Fsp3) is 0.263. The van der Waals surface area contributed by atoms with Crippen molar-refractivity contribution in [3.63, 3.8) is 0 Å². The largest absolute Gasteiger partial charge is 0.339 e. The van der Waals surface area contributed by atoms with E-state index >= 15 is 0 Å². The average Bonchev–Trinajstić information content (AvgIpc) is 3.33. The fourth-order valence-electron chi connectivity index (χ4n) is 2.44. The summed E-state index contributed by atoms with van der Waals surface area (Å²) in [5.41, 5.74) is 1.47. The third kappa shape index (κ3) is 5.01. The highest BCUT2D eigenvalue weighted by Crippen LogP contribution is 2.22. The Morgan fingerprint density at radius 3 is 2.67 bits per heavy atom. The standard InChI is InChI=1S/C19H20N4O3S/c1-13(24)23(2)15-10-8-14(9-11-15)20-17(25)6-3-7-18-21-19(22-26-18)16-5-4-12-27-16/h4-5,8-12H,3,6-7H2,1-2H3,(H,20,25). The molecule has 0 aliphatic heterocycles. The van der Waals surface area contributed by atoms with Gasteiger partial charge in [-0.25, -0.2) is 0 Å². The first kappa shape index (κ1) is 18.8. The summed E-state index contributed by atoms with van der Waals surface area (Å²) in [6, 6.07) is 11.0. The van der Waals surface area contributed by atoms with E-state index < -0.39 is 0 Å². The third-order valence-corrected chi connectivity index (χ3v) is 4.88. The lowest BCUT2D eigenvalue weighted by Gasteiger charge is -2.15. The smallest absolute Gasteiger partial charge is 0.226 e. The van der Waals surface area contributed by atoms with E-state index in [4.69, 9.17) is 4.52 Å². The Balaban J connectivity index is 1.45. The number of aryl methyl sites for hydroxylation is 1. The van der Waals surface area contributed by atoms with Crippen LogP contribution >= 0.6 is 11.3 Å².